The number of para-hydroxylation sites is 3. The lowest BCUT2D eigenvalue weighted by molar-refractivity contribution is -0.116. The molecule has 0 aliphatic heterocycles. The molecule has 0 bridgehead atoms. The molecule has 0 atom stereocenters. The highest BCUT2D eigenvalue weighted by atomic mass is 16.2. The minimum atomic E-state index is -0.154. The van der Waals surface area contributed by atoms with Crippen LogP contribution in [0.5, 0.6) is 0 Å². The Morgan fingerprint density at radius 3 is 2.44 bits per heavy atom. The van der Waals surface area contributed by atoms with Crippen LogP contribution in [0.1, 0.15) is 23.2 Å². The second-order valence-electron chi connectivity index (χ2n) is 6.21. The number of nitrogens with one attached hydrogen (secondary N) is 1. The average molecular weight is 335 g/mol. The molecular weight excluding hydrogens is 314 g/mol. The second-order valence-corrected chi connectivity index (χ2v) is 6.21. The number of aromatic nitrogens is 2. The Morgan fingerprint density at radius 1 is 1.04 bits per heavy atom. The number of benzene rings is 2. The first-order chi connectivity index (χ1) is 12.0. The van der Waals surface area contributed by atoms with E-state index in [4.69, 9.17) is 0 Å². The monoisotopic (exact) mass is 335 g/mol. The van der Waals surface area contributed by atoms with E-state index in [9.17, 15) is 9.59 Å². The van der Waals surface area contributed by atoms with Gasteiger partial charge in [0, 0.05) is 18.7 Å². The van der Waals surface area contributed by atoms with Crippen LogP contribution in [-0.4, -0.2) is 15.5 Å². The lowest BCUT2D eigenvalue weighted by Crippen LogP contribution is -2.26. The number of carbonyl (C=O) groups is 1. The maximum atomic E-state index is 12.4. The maximum absolute atomic E-state index is 12.4. The molecule has 5 nitrogen and oxygen atoms in total. The molecule has 0 unspecified atom stereocenters. The second kappa shape index (κ2) is 6.89. The third-order valence-electron chi connectivity index (χ3n) is 4.32. The number of rotatable bonds is 4. The Hall–Kier alpha value is -2.95. The third kappa shape index (κ3) is 3.45. The normalized spacial score (nSPS) is 10.8. The van der Waals surface area contributed by atoms with Crippen LogP contribution in [0.4, 0.5) is 5.69 Å². The van der Waals surface area contributed by atoms with Crippen molar-refractivity contribution in [3.05, 3.63) is 69.6 Å². The molecule has 0 spiro atoms. The van der Waals surface area contributed by atoms with Crippen LogP contribution < -0.4 is 10.9 Å². The van der Waals surface area contributed by atoms with E-state index >= 15 is 0 Å². The van der Waals surface area contributed by atoms with Crippen LogP contribution in [0.15, 0.2) is 47.3 Å². The van der Waals surface area contributed by atoms with Crippen molar-refractivity contribution in [1.29, 1.82) is 0 Å². The van der Waals surface area contributed by atoms with Gasteiger partial charge in [0.25, 0.3) is 5.56 Å². The van der Waals surface area contributed by atoms with E-state index in [-0.39, 0.29) is 17.9 Å². The van der Waals surface area contributed by atoms with Crippen LogP contribution in [0, 0.1) is 20.8 Å². The van der Waals surface area contributed by atoms with Gasteiger partial charge in [-0.2, -0.15) is 0 Å². The van der Waals surface area contributed by atoms with Gasteiger partial charge in [-0.3, -0.25) is 9.59 Å². The van der Waals surface area contributed by atoms with E-state index in [0.29, 0.717) is 12.2 Å². The smallest absolute Gasteiger partial charge is 0.272 e. The van der Waals surface area contributed by atoms with E-state index in [2.05, 4.69) is 10.3 Å². The predicted molar refractivity (Wildman–Crippen MR) is 99.9 cm³/mol. The summed E-state index contributed by atoms with van der Waals surface area (Å²) >= 11 is 0. The van der Waals surface area contributed by atoms with Crippen molar-refractivity contribution in [2.75, 3.05) is 5.32 Å². The van der Waals surface area contributed by atoms with Crippen molar-refractivity contribution in [2.24, 2.45) is 0 Å². The molecule has 2 aromatic carbocycles. The predicted octanol–water partition coefficient (Wildman–Crippen LogP) is 3.35. The molecule has 3 aromatic rings. The van der Waals surface area contributed by atoms with E-state index in [1.165, 1.54) is 0 Å². The summed E-state index contributed by atoms with van der Waals surface area (Å²) in [5.41, 5.74) is 4.68. The summed E-state index contributed by atoms with van der Waals surface area (Å²) < 4.78 is 1.63. The fourth-order valence-corrected chi connectivity index (χ4v) is 2.97. The highest BCUT2D eigenvalue weighted by molar-refractivity contribution is 5.92. The molecule has 1 amide bonds. The molecule has 1 N–H and O–H groups in total. The molecule has 1 heterocycles. The zero-order valence-electron chi connectivity index (χ0n) is 14.7. The summed E-state index contributed by atoms with van der Waals surface area (Å²) in [6.45, 7) is 5.95. The molecule has 25 heavy (non-hydrogen) atoms. The van der Waals surface area contributed by atoms with Gasteiger partial charge in [-0.1, -0.05) is 30.3 Å². The molecule has 0 saturated carbocycles. The molecule has 1 aromatic heterocycles. The van der Waals surface area contributed by atoms with E-state index < -0.39 is 0 Å². The summed E-state index contributed by atoms with van der Waals surface area (Å²) in [5.74, 6) is -0.108. The minimum absolute atomic E-state index is 0.108. The molecule has 0 saturated heterocycles. The Kier molecular flexibility index (Phi) is 4.65. The Bertz CT molecular complexity index is 985. The molecule has 128 valence electrons. The maximum Gasteiger partial charge on any atom is 0.272 e. The van der Waals surface area contributed by atoms with Gasteiger partial charge in [0.05, 0.1) is 11.0 Å². The van der Waals surface area contributed by atoms with Crippen LogP contribution >= 0.6 is 0 Å². The summed E-state index contributed by atoms with van der Waals surface area (Å²) in [6, 6.07) is 13.4. The highest BCUT2D eigenvalue weighted by Gasteiger charge is 2.11. The standard InChI is InChI=1S/C20H21N3O2/c1-13-7-6-8-14(2)19(13)22-18(24)11-12-23-17-10-5-4-9-16(17)21-15(3)20(23)25/h4-10H,11-12H2,1-3H3,(H,22,24). The number of fused-ring (bicyclic) bond motifs is 1. The average Bonchev–Trinajstić information content (AvgIpc) is 2.59. The van der Waals surface area contributed by atoms with E-state index in [1.54, 1.807) is 11.5 Å². The number of anilines is 1. The van der Waals surface area contributed by atoms with Gasteiger partial charge < -0.3 is 9.88 Å². The van der Waals surface area contributed by atoms with Crippen molar-refractivity contribution in [3.63, 3.8) is 0 Å². The van der Waals surface area contributed by atoms with Gasteiger partial charge in [0.1, 0.15) is 5.69 Å². The van der Waals surface area contributed by atoms with E-state index in [1.807, 2.05) is 56.3 Å². The first-order valence-electron chi connectivity index (χ1n) is 8.29. The molecule has 0 radical (unpaired) electrons. The van der Waals surface area contributed by atoms with Crippen molar-refractivity contribution >= 4 is 22.6 Å². The van der Waals surface area contributed by atoms with Gasteiger partial charge in [0.15, 0.2) is 0 Å². The Labute approximate surface area is 146 Å². The zero-order chi connectivity index (χ0) is 18.0. The summed E-state index contributed by atoms with van der Waals surface area (Å²) in [7, 11) is 0. The van der Waals surface area contributed by atoms with Gasteiger partial charge in [-0.05, 0) is 44.0 Å². The number of amides is 1. The SMILES string of the molecule is Cc1cccc(C)c1NC(=O)CCn1c(=O)c(C)nc2ccccc21. The van der Waals surface area contributed by atoms with Crippen molar-refractivity contribution in [3.8, 4) is 0 Å². The third-order valence-corrected chi connectivity index (χ3v) is 4.32. The summed E-state index contributed by atoms with van der Waals surface area (Å²) in [6.07, 6.45) is 0.223. The molecule has 5 heteroatoms. The zero-order valence-corrected chi connectivity index (χ0v) is 14.7. The molecule has 0 aliphatic rings. The number of hydrogen-bond acceptors (Lipinski definition) is 3. The van der Waals surface area contributed by atoms with Crippen molar-refractivity contribution in [2.45, 2.75) is 33.7 Å². The minimum Gasteiger partial charge on any atom is -0.326 e. The number of carbonyl (C=O) groups excluding carboxylic acids is 1. The van der Waals surface area contributed by atoms with Crippen LogP contribution in [0.3, 0.4) is 0 Å². The number of hydrogen-bond donors (Lipinski definition) is 1. The number of nitrogens with zero attached hydrogens (tertiary/aromatic N) is 2. The summed E-state index contributed by atoms with van der Waals surface area (Å²) in [4.78, 5) is 29.1. The Balaban J connectivity index is 1.82. The van der Waals surface area contributed by atoms with Gasteiger partial charge in [0.2, 0.25) is 5.91 Å². The molecule has 0 aliphatic carbocycles. The van der Waals surface area contributed by atoms with Gasteiger partial charge >= 0.3 is 0 Å². The molecule has 0 fully saturated rings. The Morgan fingerprint density at radius 2 is 1.72 bits per heavy atom. The van der Waals surface area contributed by atoms with E-state index in [0.717, 1.165) is 27.8 Å². The van der Waals surface area contributed by atoms with Crippen molar-refractivity contribution < 1.29 is 4.79 Å². The number of aryl methyl sites for hydroxylation is 4. The lowest BCUT2D eigenvalue weighted by Gasteiger charge is -2.13. The quantitative estimate of drug-likeness (QED) is 0.795. The highest BCUT2D eigenvalue weighted by Crippen LogP contribution is 2.19. The van der Waals surface area contributed by atoms with Crippen molar-refractivity contribution in [1.82, 2.24) is 9.55 Å². The molecular formula is C20H21N3O2. The van der Waals surface area contributed by atoms with Crippen LogP contribution in [0.25, 0.3) is 11.0 Å². The fraction of sp³-hybridized carbons (Fsp3) is 0.250. The first-order valence-corrected chi connectivity index (χ1v) is 8.29. The van der Waals surface area contributed by atoms with Gasteiger partial charge in [-0.25, -0.2) is 4.98 Å². The first kappa shape index (κ1) is 16.9. The topological polar surface area (TPSA) is 64.0 Å². The largest absolute Gasteiger partial charge is 0.326 e. The molecule has 3 rings (SSSR count). The van der Waals surface area contributed by atoms with Crippen LogP contribution in [0.2, 0.25) is 0 Å². The lowest BCUT2D eigenvalue weighted by atomic mass is 10.1. The fourth-order valence-electron chi connectivity index (χ4n) is 2.97. The van der Waals surface area contributed by atoms with Gasteiger partial charge in [-0.15, -0.1) is 0 Å². The van der Waals surface area contributed by atoms with Crippen LogP contribution in [-0.2, 0) is 11.3 Å². The summed E-state index contributed by atoms with van der Waals surface area (Å²) in [5, 5.41) is 2.96.